The highest BCUT2D eigenvalue weighted by molar-refractivity contribution is 7.92. The molecule has 0 saturated carbocycles. The minimum Gasteiger partial charge on any atom is -0.462 e. The maximum Gasteiger partial charge on any atom is 0.338 e. The Morgan fingerprint density at radius 2 is 1.88 bits per heavy atom. The van der Waals surface area contributed by atoms with E-state index >= 15 is 0 Å². The summed E-state index contributed by atoms with van der Waals surface area (Å²) in [7, 11) is -7.03. The third kappa shape index (κ3) is 4.59. The Hall–Kier alpha value is -1.45. The van der Waals surface area contributed by atoms with Crippen molar-refractivity contribution in [2.24, 2.45) is 0 Å². The first-order valence-electron chi connectivity index (χ1n) is 8.20. The van der Waals surface area contributed by atoms with Gasteiger partial charge in [-0.05, 0) is 44.0 Å². The predicted molar refractivity (Wildman–Crippen MR) is 93.6 cm³/mol. The maximum absolute atomic E-state index is 12.9. The summed E-state index contributed by atoms with van der Waals surface area (Å²) in [5.74, 6) is -0.652. The summed E-state index contributed by atoms with van der Waals surface area (Å²) in [5.41, 5.74) is 0.270. The number of sulfonamides is 1. The SMILES string of the molecule is CCCN([C@@H]1CCS(=O)(=O)C1)S(=O)(=O)c1ccc(C(=O)OCC)cc1. The second kappa shape index (κ2) is 7.84. The zero-order valence-electron chi connectivity index (χ0n) is 14.3. The summed E-state index contributed by atoms with van der Waals surface area (Å²) in [6, 6.07) is 4.97. The highest BCUT2D eigenvalue weighted by atomic mass is 32.2. The van der Waals surface area contributed by atoms with Gasteiger partial charge in [-0.3, -0.25) is 0 Å². The molecule has 1 atom stereocenters. The first kappa shape index (κ1) is 19.9. The van der Waals surface area contributed by atoms with E-state index in [1.807, 2.05) is 6.92 Å². The van der Waals surface area contributed by atoms with Gasteiger partial charge in [0.15, 0.2) is 9.84 Å². The van der Waals surface area contributed by atoms with Gasteiger partial charge < -0.3 is 4.74 Å². The minimum atomic E-state index is -3.83. The zero-order chi connectivity index (χ0) is 18.7. The lowest BCUT2D eigenvalue weighted by molar-refractivity contribution is 0.0526. The molecule has 1 aliphatic heterocycles. The number of ether oxygens (including phenoxy) is 1. The smallest absolute Gasteiger partial charge is 0.338 e. The number of sulfone groups is 1. The van der Waals surface area contributed by atoms with Gasteiger partial charge in [-0.25, -0.2) is 21.6 Å². The lowest BCUT2D eigenvalue weighted by Gasteiger charge is -2.27. The largest absolute Gasteiger partial charge is 0.462 e. The van der Waals surface area contributed by atoms with Gasteiger partial charge in [0.25, 0.3) is 0 Å². The summed E-state index contributed by atoms with van der Waals surface area (Å²) in [4.78, 5) is 11.7. The van der Waals surface area contributed by atoms with Crippen molar-refractivity contribution in [2.75, 3.05) is 24.7 Å². The number of carbonyl (C=O) groups excluding carboxylic acids is 1. The van der Waals surface area contributed by atoms with E-state index in [1.54, 1.807) is 6.92 Å². The van der Waals surface area contributed by atoms with Crippen LogP contribution in [0.1, 0.15) is 37.0 Å². The van der Waals surface area contributed by atoms with Gasteiger partial charge in [-0.1, -0.05) is 6.92 Å². The van der Waals surface area contributed by atoms with Crippen molar-refractivity contribution < 1.29 is 26.4 Å². The van der Waals surface area contributed by atoms with Crippen LogP contribution in [0.4, 0.5) is 0 Å². The molecule has 0 N–H and O–H groups in total. The molecule has 1 aromatic rings. The van der Waals surface area contributed by atoms with E-state index in [-0.39, 0.29) is 35.1 Å². The van der Waals surface area contributed by atoms with Crippen LogP contribution in [0.15, 0.2) is 29.2 Å². The molecule has 2 rings (SSSR count). The zero-order valence-corrected chi connectivity index (χ0v) is 16.0. The molecule has 25 heavy (non-hydrogen) atoms. The van der Waals surface area contributed by atoms with Crippen LogP contribution in [-0.2, 0) is 24.6 Å². The Kier molecular flexibility index (Phi) is 6.23. The van der Waals surface area contributed by atoms with E-state index in [2.05, 4.69) is 0 Å². The Morgan fingerprint density at radius 1 is 1.24 bits per heavy atom. The van der Waals surface area contributed by atoms with Crippen molar-refractivity contribution in [1.29, 1.82) is 0 Å². The highest BCUT2D eigenvalue weighted by Gasteiger charge is 2.38. The van der Waals surface area contributed by atoms with E-state index in [1.165, 1.54) is 28.6 Å². The van der Waals surface area contributed by atoms with Gasteiger partial charge in [0.05, 0.1) is 28.6 Å². The van der Waals surface area contributed by atoms with Crippen molar-refractivity contribution >= 4 is 25.8 Å². The first-order valence-corrected chi connectivity index (χ1v) is 11.5. The third-order valence-corrected chi connectivity index (χ3v) is 7.75. The topological polar surface area (TPSA) is 97.8 Å². The molecular weight excluding hydrogens is 366 g/mol. The molecule has 0 spiro atoms. The standard InChI is InChI=1S/C16H23NO6S2/c1-3-10-17(14-9-11-24(19,20)12-14)25(21,22)15-7-5-13(6-8-15)16(18)23-4-2/h5-8,14H,3-4,9-12H2,1-2H3/t14-/m1/s1. The van der Waals surface area contributed by atoms with Crippen LogP contribution in [0.25, 0.3) is 0 Å². The van der Waals surface area contributed by atoms with Crippen molar-refractivity contribution in [3.8, 4) is 0 Å². The fourth-order valence-corrected chi connectivity index (χ4v) is 6.41. The second-order valence-electron chi connectivity index (χ2n) is 5.92. The molecule has 9 heteroatoms. The molecule has 0 bridgehead atoms. The Labute approximate surface area is 148 Å². The van der Waals surface area contributed by atoms with Gasteiger partial charge >= 0.3 is 5.97 Å². The average molecular weight is 389 g/mol. The van der Waals surface area contributed by atoms with Gasteiger partial charge in [-0.15, -0.1) is 0 Å². The predicted octanol–water partition coefficient (Wildman–Crippen LogP) is 1.45. The lowest BCUT2D eigenvalue weighted by atomic mass is 10.2. The average Bonchev–Trinajstić information content (AvgIpc) is 2.92. The molecule has 140 valence electrons. The van der Waals surface area contributed by atoms with E-state index in [4.69, 9.17) is 4.74 Å². The van der Waals surface area contributed by atoms with Crippen molar-refractivity contribution in [3.63, 3.8) is 0 Å². The van der Waals surface area contributed by atoms with Gasteiger partial charge in [0.1, 0.15) is 0 Å². The fraction of sp³-hybridized carbons (Fsp3) is 0.562. The number of benzene rings is 1. The van der Waals surface area contributed by atoms with Gasteiger partial charge in [0, 0.05) is 12.6 Å². The summed E-state index contributed by atoms with van der Waals surface area (Å²) in [6.07, 6.45) is 0.888. The van der Waals surface area contributed by atoms with Gasteiger partial charge in [-0.2, -0.15) is 4.31 Å². The monoisotopic (exact) mass is 389 g/mol. The Balaban J connectivity index is 2.29. The van der Waals surface area contributed by atoms with Crippen LogP contribution in [0.3, 0.4) is 0 Å². The van der Waals surface area contributed by atoms with Crippen LogP contribution >= 0.6 is 0 Å². The molecule has 1 heterocycles. The quantitative estimate of drug-likeness (QED) is 0.655. The lowest BCUT2D eigenvalue weighted by Crippen LogP contribution is -2.41. The molecule has 0 amide bonds. The van der Waals surface area contributed by atoms with E-state index in [0.717, 1.165) is 0 Å². The molecule has 1 saturated heterocycles. The van der Waals surface area contributed by atoms with E-state index < -0.39 is 31.9 Å². The van der Waals surface area contributed by atoms with Crippen molar-refractivity contribution in [3.05, 3.63) is 29.8 Å². The third-order valence-electron chi connectivity index (χ3n) is 4.03. The van der Waals surface area contributed by atoms with Crippen molar-refractivity contribution in [2.45, 2.75) is 37.6 Å². The maximum atomic E-state index is 12.9. The number of hydrogen-bond donors (Lipinski definition) is 0. The first-order chi connectivity index (χ1) is 11.7. The van der Waals surface area contributed by atoms with Crippen LogP contribution in [0.5, 0.6) is 0 Å². The second-order valence-corrected chi connectivity index (χ2v) is 10.0. The van der Waals surface area contributed by atoms with Crippen molar-refractivity contribution in [1.82, 2.24) is 4.31 Å². The summed E-state index contributed by atoms with van der Waals surface area (Å²) in [5, 5.41) is 0. The molecule has 1 fully saturated rings. The number of nitrogens with zero attached hydrogens (tertiary/aromatic N) is 1. The molecule has 1 aromatic carbocycles. The van der Waals surface area contributed by atoms with E-state index in [0.29, 0.717) is 12.8 Å². The number of rotatable bonds is 7. The molecule has 7 nitrogen and oxygen atoms in total. The summed E-state index contributed by atoms with van der Waals surface area (Å²) >= 11 is 0. The molecule has 0 aliphatic carbocycles. The van der Waals surface area contributed by atoms with Crippen LogP contribution < -0.4 is 0 Å². The molecule has 0 unspecified atom stereocenters. The number of hydrogen-bond acceptors (Lipinski definition) is 6. The number of esters is 1. The van der Waals surface area contributed by atoms with Crippen LogP contribution in [0, 0.1) is 0 Å². The summed E-state index contributed by atoms with van der Waals surface area (Å²) in [6.45, 7) is 4.02. The van der Waals surface area contributed by atoms with Crippen LogP contribution in [-0.4, -0.2) is 57.8 Å². The molecule has 0 radical (unpaired) electrons. The Bertz CT molecular complexity index is 815. The van der Waals surface area contributed by atoms with E-state index in [9.17, 15) is 21.6 Å². The molecule has 0 aromatic heterocycles. The normalized spacial score (nSPS) is 19.9. The Morgan fingerprint density at radius 3 is 2.36 bits per heavy atom. The summed E-state index contributed by atoms with van der Waals surface area (Å²) < 4.78 is 55.5. The molecule has 1 aliphatic rings. The molecular formula is C16H23NO6S2. The minimum absolute atomic E-state index is 0.00912. The number of carbonyl (C=O) groups is 1. The van der Waals surface area contributed by atoms with Gasteiger partial charge in [0.2, 0.25) is 10.0 Å². The highest BCUT2D eigenvalue weighted by Crippen LogP contribution is 2.25. The van der Waals surface area contributed by atoms with Crippen LogP contribution in [0.2, 0.25) is 0 Å². The fourth-order valence-electron chi connectivity index (χ4n) is 2.83.